The molecule has 0 radical (unpaired) electrons. The van der Waals surface area contributed by atoms with Crippen LogP contribution < -0.4 is 5.73 Å². The molecule has 0 spiro atoms. The zero-order valence-corrected chi connectivity index (χ0v) is 10.3. The van der Waals surface area contributed by atoms with Crippen molar-refractivity contribution in [2.45, 2.75) is 38.3 Å². The van der Waals surface area contributed by atoms with Crippen LogP contribution in [0.4, 0.5) is 8.78 Å². The van der Waals surface area contributed by atoms with Gasteiger partial charge in [0, 0.05) is 5.56 Å². The van der Waals surface area contributed by atoms with Crippen LogP contribution >= 0.6 is 11.6 Å². The molecule has 17 heavy (non-hydrogen) atoms. The lowest BCUT2D eigenvalue weighted by molar-refractivity contribution is 0.131. The molecule has 0 bridgehead atoms. The first-order valence-electron chi connectivity index (χ1n) is 5.56. The molecule has 3 N–H and O–H groups in total. The summed E-state index contributed by atoms with van der Waals surface area (Å²) < 4.78 is 26.7. The van der Waals surface area contributed by atoms with Crippen LogP contribution in [0.15, 0.2) is 12.1 Å². The molecule has 0 aliphatic rings. The van der Waals surface area contributed by atoms with E-state index in [1.807, 2.05) is 6.92 Å². The molecule has 2 nitrogen and oxygen atoms in total. The average molecular weight is 264 g/mol. The number of nitrogens with two attached hydrogens (primary N) is 1. The summed E-state index contributed by atoms with van der Waals surface area (Å²) in [6.07, 6.45) is 1.17. The van der Waals surface area contributed by atoms with Crippen molar-refractivity contribution in [2.75, 3.05) is 0 Å². The Kier molecular flexibility index (Phi) is 5.31. The topological polar surface area (TPSA) is 46.2 Å². The standard InChI is InChI=1S/C12H16ClF2NO/c1-2-3-4-9(17)12(16)10-7(14)5-6-8(15)11(10)13/h5-6,9,12,17H,2-4,16H2,1H3/t9-,12-/m0/s1. The molecule has 1 aromatic carbocycles. The highest BCUT2D eigenvalue weighted by Crippen LogP contribution is 2.30. The second kappa shape index (κ2) is 6.28. The molecule has 5 heteroatoms. The third kappa shape index (κ3) is 3.37. The smallest absolute Gasteiger partial charge is 0.142 e. The van der Waals surface area contributed by atoms with Gasteiger partial charge >= 0.3 is 0 Å². The van der Waals surface area contributed by atoms with E-state index in [2.05, 4.69) is 0 Å². The maximum absolute atomic E-state index is 13.5. The van der Waals surface area contributed by atoms with E-state index in [1.165, 1.54) is 0 Å². The molecule has 1 rings (SSSR count). The van der Waals surface area contributed by atoms with Crippen molar-refractivity contribution in [1.82, 2.24) is 0 Å². The Morgan fingerprint density at radius 3 is 2.53 bits per heavy atom. The highest BCUT2D eigenvalue weighted by molar-refractivity contribution is 6.31. The summed E-state index contributed by atoms with van der Waals surface area (Å²) in [7, 11) is 0. The molecule has 0 amide bonds. The zero-order chi connectivity index (χ0) is 13.0. The van der Waals surface area contributed by atoms with E-state index < -0.39 is 23.8 Å². The Hall–Kier alpha value is -0.710. The fraction of sp³-hybridized carbons (Fsp3) is 0.500. The first-order chi connectivity index (χ1) is 7.99. The van der Waals surface area contributed by atoms with Gasteiger partial charge in [0.2, 0.25) is 0 Å². The number of hydrogen-bond acceptors (Lipinski definition) is 2. The van der Waals surface area contributed by atoms with E-state index in [0.717, 1.165) is 25.0 Å². The van der Waals surface area contributed by atoms with Crippen molar-refractivity contribution >= 4 is 11.6 Å². The molecular formula is C12H16ClF2NO. The van der Waals surface area contributed by atoms with E-state index >= 15 is 0 Å². The Morgan fingerprint density at radius 2 is 1.94 bits per heavy atom. The highest BCUT2D eigenvalue weighted by atomic mass is 35.5. The van der Waals surface area contributed by atoms with Crippen LogP contribution in [0.3, 0.4) is 0 Å². The molecule has 0 aliphatic heterocycles. The van der Waals surface area contributed by atoms with Gasteiger partial charge in [-0.05, 0) is 18.6 Å². The predicted octanol–water partition coefficient (Wildman–Crippen LogP) is 3.17. The third-order valence-electron chi connectivity index (χ3n) is 2.68. The van der Waals surface area contributed by atoms with Gasteiger partial charge in [0.1, 0.15) is 11.6 Å². The molecule has 0 aliphatic carbocycles. The SMILES string of the molecule is CCCC[C@H](O)[C@H](N)c1c(F)ccc(F)c1Cl. The molecule has 0 fully saturated rings. The summed E-state index contributed by atoms with van der Waals surface area (Å²) in [4.78, 5) is 0. The molecule has 0 aromatic heterocycles. The maximum atomic E-state index is 13.5. The molecule has 1 aromatic rings. The van der Waals surface area contributed by atoms with E-state index in [-0.39, 0.29) is 10.6 Å². The molecule has 96 valence electrons. The molecule has 0 heterocycles. The number of aliphatic hydroxyl groups is 1. The van der Waals surface area contributed by atoms with Crippen molar-refractivity contribution in [3.8, 4) is 0 Å². The van der Waals surface area contributed by atoms with Crippen LogP contribution in [0.2, 0.25) is 5.02 Å². The summed E-state index contributed by atoms with van der Waals surface area (Å²) in [5.74, 6) is -1.43. The number of rotatable bonds is 5. The summed E-state index contributed by atoms with van der Waals surface area (Å²) in [6, 6.07) is 0.889. The van der Waals surface area contributed by atoms with Gasteiger partial charge in [0.15, 0.2) is 0 Å². The maximum Gasteiger partial charge on any atom is 0.142 e. The Labute approximate surface area is 104 Å². The van der Waals surface area contributed by atoms with Gasteiger partial charge in [-0.3, -0.25) is 0 Å². The second-order valence-electron chi connectivity index (χ2n) is 3.99. The number of halogens is 3. The Bertz CT molecular complexity index is 387. The van der Waals surface area contributed by atoms with Gasteiger partial charge in [-0.1, -0.05) is 31.4 Å². The van der Waals surface area contributed by atoms with Gasteiger partial charge in [-0.25, -0.2) is 8.78 Å². The minimum absolute atomic E-state index is 0.157. The number of aliphatic hydroxyl groups excluding tert-OH is 1. The molecule has 0 saturated heterocycles. The van der Waals surface area contributed by atoms with Crippen molar-refractivity contribution in [2.24, 2.45) is 5.73 Å². The van der Waals surface area contributed by atoms with Gasteiger partial charge in [-0.15, -0.1) is 0 Å². The molecule has 2 atom stereocenters. The first kappa shape index (κ1) is 14.4. The number of unbranched alkanes of at least 4 members (excludes halogenated alkanes) is 1. The van der Waals surface area contributed by atoms with Gasteiger partial charge in [0.05, 0.1) is 17.2 Å². The largest absolute Gasteiger partial charge is 0.391 e. The normalized spacial score (nSPS) is 14.7. The fourth-order valence-electron chi connectivity index (χ4n) is 1.63. The average Bonchev–Trinajstić information content (AvgIpc) is 2.31. The molecule has 0 saturated carbocycles. The van der Waals surface area contributed by atoms with Crippen molar-refractivity contribution in [3.05, 3.63) is 34.4 Å². The van der Waals surface area contributed by atoms with Gasteiger partial charge in [0.25, 0.3) is 0 Å². The monoisotopic (exact) mass is 263 g/mol. The lowest BCUT2D eigenvalue weighted by Crippen LogP contribution is -2.27. The zero-order valence-electron chi connectivity index (χ0n) is 9.59. The summed E-state index contributed by atoms with van der Waals surface area (Å²) in [5, 5.41) is 9.42. The van der Waals surface area contributed by atoms with Gasteiger partial charge < -0.3 is 10.8 Å². The van der Waals surface area contributed by atoms with Crippen LogP contribution in [0.25, 0.3) is 0 Å². The van der Waals surface area contributed by atoms with E-state index in [4.69, 9.17) is 17.3 Å². The van der Waals surface area contributed by atoms with Gasteiger partial charge in [-0.2, -0.15) is 0 Å². The lowest BCUT2D eigenvalue weighted by atomic mass is 9.98. The van der Waals surface area contributed by atoms with Crippen LogP contribution in [-0.2, 0) is 0 Å². The van der Waals surface area contributed by atoms with E-state index in [0.29, 0.717) is 6.42 Å². The molecule has 0 unspecified atom stereocenters. The van der Waals surface area contributed by atoms with Crippen LogP contribution in [0.1, 0.15) is 37.8 Å². The van der Waals surface area contributed by atoms with Crippen LogP contribution in [0.5, 0.6) is 0 Å². The third-order valence-corrected chi connectivity index (χ3v) is 3.06. The van der Waals surface area contributed by atoms with Crippen LogP contribution in [-0.4, -0.2) is 11.2 Å². The summed E-state index contributed by atoms with van der Waals surface area (Å²) >= 11 is 5.67. The van der Waals surface area contributed by atoms with Crippen LogP contribution in [0, 0.1) is 11.6 Å². The van der Waals surface area contributed by atoms with E-state index in [9.17, 15) is 13.9 Å². The second-order valence-corrected chi connectivity index (χ2v) is 4.37. The Balaban J connectivity index is 2.95. The van der Waals surface area contributed by atoms with E-state index in [1.54, 1.807) is 0 Å². The number of hydrogen-bond donors (Lipinski definition) is 2. The lowest BCUT2D eigenvalue weighted by Gasteiger charge is -2.20. The number of benzene rings is 1. The summed E-state index contributed by atoms with van der Waals surface area (Å²) in [6.45, 7) is 1.97. The summed E-state index contributed by atoms with van der Waals surface area (Å²) in [5.41, 5.74) is 5.55. The van der Waals surface area contributed by atoms with Crippen molar-refractivity contribution < 1.29 is 13.9 Å². The first-order valence-corrected chi connectivity index (χ1v) is 5.93. The van der Waals surface area contributed by atoms with Crippen molar-refractivity contribution in [1.29, 1.82) is 0 Å². The molecular weight excluding hydrogens is 248 g/mol. The predicted molar refractivity (Wildman–Crippen MR) is 63.8 cm³/mol. The minimum Gasteiger partial charge on any atom is -0.391 e. The fourth-order valence-corrected chi connectivity index (χ4v) is 1.91. The minimum atomic E-state index is -1.01. The highest BCUT2D eigenvalue weighted by Gasteiger charge is 2.24. The van der Waals surface area contributed by atoms with Crippen molar-refractivity contribution in [3.63, 3.8) is 0 Å². The quantitative estimate of drug-likeness (QED) is 0.802. The Morgan fingerprint density at radius 1 is 1.35 bits per heavy atom.